The lowest BCUT2D eigenvalue weighted by atomic mass is 10.1. The fourth-order valence-electron chi connectivity index (χ4n) is 2.90. The molecule has 3 heteroatoms. The molecule has 3 rings (SSSR count). The van der Waals surface area contributed by atoms with Crippen molar-refractivity contribution in [1.29, 1.82) is 0 Å². The fraction of sp³-hybridized carbons (Fsp3) is 0.562. The number of nitrogens with zero attached hydrogens (tertiary/aromatic N) is 3. The average molecular weight is 257 g/mol. The van der Waals surface area contributed by atoms with Crippen LogP contribution >= 0.6 is 0 Å². The van der Waals surface area contributed by atoms with Gasteiger partial charge in [-0.1, -0.05) is 6.07 Å². The van der Waals surface area contributed by atoms with Crippen LogP contribution in [0.4, 0.5) is 11.4 Å². The summed E-state index contributed by atoms with van der Waals surface area (Å²) in [6.07, 6.45) is 4.67. The second-order valence-electron chi connectivity index (χ2n) is 6.01. The molecular weight excluding hydrogens is 234 g/mol. The van der Waals surface area contributed by atoms with Crippen molar-refractivity contribution in [3.05, 3.63) is 23.8 Å². The molecule has 1 aromatic carbocycles. The van der Waals surface area contributed by atoms with Gasteiger partial charge in [-0.25, -0.2) is 0 Å². The molecule has 0 aromatic heterocycles. The van der Waals surface area contributed by atoms with Gasteiger partial charge in [0.2, 0.25) is 0 Å². The Morgan fingerprint density at radius 1 is 1.42 bits per heavy atom. The number of fused-ring (bicyclic) bond motifs is 3. The molecule has 19 heavy (non-hydrogen) atoms. The molecule has 1 unspecified atom stereocenters. The zero-order chi connectivity index (χ0) is 13.4. The minimum absolute atomic E-state index is 0.539. The van der Waals surface area contributed by atoms with Gasteiger partial charge in [-0.05, 0) is 51.4 Å². The first kappa shape index (κ1) is 12.7. The Morgan fingerprint density at radius 2 is 2.26 bits per heavy atom. The van der Waals surface area contributed by atoms with Gasteiger partial charge in [0.15, 0.2) is 0 Å². The predicted octanol–water partition coefficient (Wildman–Crippen LogP) is 3.21. The first-order valence-electron chi connectivity index (χ1n) is 7.29. The van der Waals surface area contributed by atoms with Crippen LogP contribution < -0.4 is 4.90 Å². The van der Waals surface area contributed by atoms with Crippen LogP contribution in [0.25, 0.3) is 0 Å². The molecule has 1 atom stereocenters. The maximum Gasteiger partial charge on any atom is 0.0863 e. The third-order valence-corrected chi connectivity index (χ3v) is 4.35. The third-order valence-electron chi connectivity index (χ3n) is 4.35. The van der Waals surface area contributed by atoms with E-state index in [4.69, 9.17) is 0 Å². The molecule has 1 aromatic rings. The van der Waals surface area contributed by atoms with Crippen molar-refractivity contribution in [3.63, 3.8) is 0 Å². The van der Waals surface area contributed by atoms with E-state index in [1.54, 1.807) is 0 Å². The molecular formula is C16H23N3. The van der Waals surface area contributed by atoms with E-state index in [2.05, 4.69) is 60.1 Å². The molecule has 0 bridgehead atoms. The van der Waals surface area contributed by atoms with Gasteiger partial charge in [0.1, 0.15) is 0 Å². The Morgan fingerprint density at radius 3 is 3.05 bits per heavy atom. The van der Waals surface area contributed by atoms with Gasteiger partial charge >= 0.3 is 0 Å². The molecule has 1 saturated heterocycles. The lowest BCUT2D eigenvalue weighted by Gasteiger charge is -2.29. The monoisotopic (exact) mass is 257 g/mol. The number of anilines is 1. The quantitative estimate of drug-likeness (QED) is 0.828. The highest BCUT2D eigenvalue weighted by atomic mass is 15.2. The summed E-state index contributed by atoms with van der Waals surface area (Å²) < 4.78 is 0. The number of hydrogen-bond acceptors (Lipinski definition) is 3. The second kappa shape index (κ2) is 4.97. The highest BCUT2D eigenvalue weighted by Gasteiger charge is 2.27. The Hall–Kier alpha value is -1.35. The fourth-order valence-corrected chi connectivity index (χ4v) is 2.90. The van der Waals surface area contributed by atoms with E-state index in [9.17, 15) is 0 Å². The van der Waals surface area contributed by atoms with E-state index in [0.717, 1.165) is 12.2 Å². The second-order valence-corrected chi connectivity index (χ2v) is 6.01. The van der Waals surface area contributed by atoms with Crippen LogP contribution in [0, 0.1) is 0 Å². The topological polar surface area (TPSA) is 18.8 Å². The van der Waals surface area contributed by atoms with Gasteiger partial charge in [-0.15, -0.1) is 0 Å². The van der Waals surface area contributed by atoms with Crippen LogP contribution in [0.1, 0.15) is 32.3 Å². The van der Waals surface area contributed by atoms with Gasteiger partial charge in [-0.2, -0.15) is 0 Å². The number of benzene rings is 1. The van der Waals surface area contributed by atoms with E-state index in [-0.39, 0.29) is 0 Å². The molecule has 0 amide bonds. The van der Waals surface area contributed by atoms with Gasteiger partial charge in [0.25, 0.3) is 0 Å². The highest BCUT2D eigenvalue weighted by molar-refractivity contribution is 5.85. The van der Waals surface area contributed by atoms with Crippen molar-refractivity contribution in [2.75, 3.05) is 18.5 Å². The van der Waals surface area contributed by atoms with Crippen LogP contribution in [0.3, 0.4) is 0 Å². The molecule has 2 aliphatic heterocycles. The molecule has 2 aliphatic rings. The third kappa shape index (κ3) is 2.39. The Labute approximate surface area is 115 Å². The summed E-state index contributed by atoms with van der Waals surface area (Å²) in [5, 5.41) is 0. The van der Waals surface area contributed by atoms with Crippen molar-refractivity contribution >= 4 is 17.6 Å². The lowest BCUT2D eigenvalue weighted by molar-refractivity contribution is 0.266. The minimum Gasteiger partial charge on any atom is -0.362 e. The molecule has 0 N–H and O–H groups in total. The van der Waals surface area contributed by atoms with E-state index in [1.165, 1.54) is 30.6 Å². The molecule has 0 saturated carbocycles. The van der Waals surface area contributed by atoms with Crippen LogP contribution in [-0.4, -0.2) is 36.8 Å². The largest absolute Gasteiger partial charge is 0.362 e. The molecule has 102 valence electrons. The summed E-state index contributed by atoms with van der Waals surface area (Å²) in [4.78, 5) is 9.52. The maximum absolute atomic E-state index is 4.66. The summed E-state index contributed by atoms with van der Waals surface area (Å²) in [6.45, 7) is 6.62. The van der Waals surface area contributed by atoms with Crippen LogP contribution in [0.2, 0.25) is 0 Å². The number of aliphatic imine (C=N–C) groups is 1. The first-order valence-corrected chi connectivity index (χ1v) is 7.29. The molecule has 0 radical (unpaired) electrons. The summed E-state index contributed by atoms with van der Waals surface area (Å²) >= 11 is 0. The smallest absolute Gasteiger partial charge is 0.0863 e. The van der Waals surface area contributed by atoms with Crippen molar-refractivity contribution in [2.24, 2.45) is 4.99 Å². The van der Waals surface area contributed by atoms with E-state index in [0.29, 0.717) is 12.1 Å². The summed E-state index contributed by atoms with van der Waals surface area (Å²) in [7, 11) is 2.17. The van der Waals surface area contributed by atoms with Gasteiger partial charge in [0.05, 0.1) is 17.4 Å². The zero-order valence-corrected chi connectivity index (χ0v) is 12.1. The summed E-state index contributed by atoms with van der Waals surface area (Å²) in [5.74, 6) is 0. The van der Waals surface area contributed by atoms with Crippen LogP contribution in [0.15, 0.2) is 23.2 Å². The standard InChI is InChI=1S/C16H23N3/c1-12(2)18(3)11-13-6-7-16-15(9-13)17-10-14-5-4-8-19(14)16/h6-7,9-10,12,14H,4-5,8,11H2,1-3H3. The van der Waals surface area contributed by atoms with Crippen LogP contribution in [0.5, 0.6) is 0 Å². The average Bonchev–Trinajstić information content (AvgIpc) is 2.86. The Balaban J connectivity index is 1.84. The maximum atomic E-state index is 4.66. The molecule has 2 heterocycles. The van der Waals surface area contributed by atoms with Gasteiger partial charge in [0, 0.05) is 25.3 Å². The van der Waals surface area contributed by atoms with Crippen molar-refractivity contribution in [2.45, 2.75) is 45.3 Å². The minimum atomic E-state index is 0.539. The Bertz CT molecular complexity index is 493. The van der Waals surface area contributed by atoms with Crippen molar-refractivity contribution in [3.8, 4) is 0 Å². The number of hydrogen-bond donors (Lipinski definition) is 0. The van der Waals surface area contributed by atoms with Crippen LogP contribution in [-0.2, 0) is 6.54 Å². The molecule has 0 spiro atoms. The van der Waals surface area contributed by atoms with E-state index >= 15 is 0 Å². The summed E-state index contributed by atoms with van der Waals surface area (Å²) in [6, 6.07) is 7.88. The normalized spacial score (nSPS) is 21.1. The first-order chi connectivity index (χ1) is 9.15. The lowest BCUT2D eigenvalue weighted by Crippen LogP contribution is -2.32. The van der Waals surface area contributed by atoms with Crippen molar-refractivity contribution in [1.82, 2.24) is 4.90 Å². The highest BCUT2D eigenvalue weighted by Crippen LogP contribution is 2.37. The van der Waals surface area contributed by atoms with Gasteiger partial charge < -0.3 is 4.90 Å². The summed E-state index contributed by atoms with van der Waals surface area (Å²) in [5.41, 5.74) is 3.82. The van der Waals surface area contributed by atoms with Crippen molar-refractivity contribution < 1.29 is 0 Å². The van der Waals surface area contributed by atoms with E-state index in [1.807, 2.05) is 0 Å². The SMILES string of the molecule is CC(C)N(C)Cc1ccc2c(c1)N=CC1CCCN21. The van der Waals surface area contributed by atoms with E-state index < -0.39 is 0 Å². The molecule has 3 nitrogen and oxygen atoms in total. The molecule has 0 aliphatic carbocycles. The predicted molar refractivity (Wildman–Crippen MR) is 81.6 cm³/mol. The molecule has 1 fully saturated rings. The number of rotatable bonds is 3. The Kier molecular flexibility index (Phi) is 3.31. The van der Waals surface area contributed by atoms with Gasteiger partial charge in [-0.3, -0.25) is 9.89 Å². The zero-order valence-electron chi connectivity index (χ0n) is 12.1.